The average molecular weight is 529 g/mol. The molecular weight excluding hydrogens is 504 g/mol. The number of rotatable bonds is 8. The first-order valence-corrected chi connectivity index (χ1v) is 13.3. The summed E-state index contributed by atoms with van der Waals surface area (Å²) in [5.74, 6) is 0.828. The summed E-state index contributed by atoms with van der Waals surface area (Å²) < 4.78 is 12.1. The van der Waals surface area contributed by atoms with E-state index in [4.69, 9.17) is 9.47 Å². The lowest BCUT2D eigenvalue weighted by Gasteiger charge is -2.08. The predicted octanol–water partition coefficient (Wildman–Crippen LogP) is 5.41. The summed E-state index contributed by atoms with van der Waals surface area (Å²) in [5, 5.41) is 16.4. The molecule has 11 heteroatoms. The second-order valence-electron chi connectivity index (χ2n) is 7.61. The highest BCUT2D eigenvalue weighted by atomic mass is 32.2. The molecule has 8 nitrogen and oxygen atoms in total. The molecule has 0 unspecified atom stereocenters. The molecule has 35 heavy (non-hydrogen) atoms. The molecule has 0 fully saturated rings. The van der Waals surface area contributed by atoms with Crippen LogP contribution in [0.1, 0.15) is 20.8 Å². The van der Waals surface area contributed by atoms with Crippen LogP contribution in [0, 0.1) is 13.8 Å². The van der Waals surface area contributed by atoms with E-state index >= 15 is 0 Å². The first-order valence-electron chi connectivity index (χ1n) is 10.5. The highest BCUT2D eigenvalue weighted by molar-refractivity contribution is 7.99. The van der Waals surface area contributed by atoms with Crippen molar-refractivity contribution < 1.29 is 19.1 Å². The van der Waals surface area contributed by atoms with E-state index in [9.17, 15) is 9.59 Å². The van der Waals surface area contributed by atoms with E-state index in [0.717, 1.165) is 17.0 Å². The zero-order valence-corrected chi connectivity index (χ0v) is 22.3. The van der Waals surface area contributed by atoms with Gasteiger partial charge in [-0.1, -0.05) is 23.9 Å². The van der Waals surface area contributed by atoms with Gasteiger partial charge in [-0.25, -0.2) is 4.79 Å². The van der Waals surface area contributed by atoms with Crippen molar-refractivity contribution in [2.45, 2.75) is 19.0 Å². The molecule has 1 N–H and O–H groups in total. The average Bonchev–Trinajstić information content (AvgIpc) is 3.54. The number of anilines is 1. The van der Waals surface area contributed by atoms with Crippen molar-refractivity contribution in [2.75, 3.05) is 25.3 Å². The zero-order valence-electron chi connectivity index (χ0n) is 19.9. The molecule has 1 aromatic carbocycles. The number of methoxy groups -OCH3 is 2. The molecule has 3 heterocycles. The van der Waals surface area contributed by atoms with E-state index in [1.54, 1.807) is 18.4 Å². The molecule has 182 valence electrons. The van der Waals surface area contributed by atoms with E-state index in [1.165, 1.54) is 40.6 Å². The van der Waals surface area contributed by atoms with Crippen LogP contribution in [-0.4, -0.2) is 46.6 Å². The van der Waals surface area contributed by atoms with Gasteiger partial charge in [-0.2, -0.15) is 0 Å². The normalized spacial score (nSPS) is 10.9. The molecule has 3 aromatic heterocycles. The minimum atomic E-state index is -0.514. The fourth-order valence-electron chi connectivity index (χ4n) is 3.44. The molecule has 0 radical (unpaired) electrons. The van der Waals surface area contributed by atoms with Gasteiger partial charge >= 0.3 is 5.97 Å². The SMILES string of the molecule is COC(=O)c1c(-c2ccc(OC)cc2)csc1NC(=O)CSc1nnc(-c2csc(C)c2C)n1C. The number of esters is 1. The number of carbonyl (C=O) groups excluding carboxylic acids is 2. The fraction of sp³-hybridized carbons (Fsp3) is 0.250. The number of aromatic nitrogens is 3. The maximum absolute atomic E-state index is 12.8. The fourth-order valence-corrected chi connectivity index (χ4v) is 5.99. The topological polar surface area (TPSA) is 95.3 Å². The third kappa shape index (κ3) is 5.12. The molecule has 0 aliphatic carbocycles. The largest absolute Gasteiger partial charge is 0.497 e. The van der Waals surface area contributed by atoms with Crippen molar-refractivity contribution in [1.29, 1.82) is 0 Å². The molecule has 0 spiro atoms. The number of amides is 1. The van der Waals surface area contributed by atoms with Gasteiger partial charge in [0.2, 0.25) is 5.91 Å². The highest BCUT2D eigenvalue weighted by Crippen LogP contribution is 2.37. The van der Waals surface area contributed by atoms with Gasteiger partial charge in [-0.3, -0.25) is 4.79 Å². The minimum Gasteiger partial charge on any atom is -0.497 e. The Bertz CT molecular complexity index is 1370. The number of nitrogens with zero attached hydrogens (tertiary/aromatic N) is 3. The third-order valence-corrected chi connectivity index (χ3v) is 8.46. The van der Waals surface area contributed by atoms with Crippen molar-refractivity contribution in [3.63, 3.8) is 0 Å². The van der Waals surface area contributed by atoms with Gasteiger partial charge in [-0.05, 0) is 37.1 Å². The Morgan fingerprint density at radius 2 is 1.77 bits per heavy atom. The Hall–Kier alpha value is -3.15. The second-order valence-corrected chi connectivity index (χ2v) is 10.5. The molecule has 0 saturated heterocycles. The minimum absolute atomic E-state index is 0.115. The Morgan fingerprint density at radius 3 is 2.40 bits per heavy atom. The van der Waals surface area contributed by atoms with Gasteiger partial charge in [0.25, 0.3) is 0 Å². The summed E-state index contributed by atoms with van der Waals surface area (Å²) in [4.78, 5) is 26.6. The van der Waals surface area contributed by atoms with Crippen molar-refractivity contribution in [3.8, 4) is 28.3 Å². The van der Waals surface area contributed by atoms with Crippen LogP contribution in [0.25, 0.3) is 22.5 Å². The summed E-state index contributed by atoms with van der Waals surface area (Å²) in [6, 6.07) is 7.35. The molecule has 0 aliphatic heterocycles. The summed E-state index contributed by atoms with van der Waals surface area (Å²) in [6.45, 7) is 4.14. The van der Waals surface area contributed by atoms with Gasteiger partial charge in [0, 0.05) is 33.8 Å². The lowest BCUT2D eigenvalue weighted by atomic mass is 10.0. The van der Waals surface area contributed by atoms with Crippen molar-refractivity contribution >= 4 is 51.3 Å². The zero-order chi connectivity index (χ0) is 25.1. The van der Waals surface area contributed by atoms with Crippen LogP contribution in [0.4, 0.5) is 5.00 Å². The van der Waals surface area contributed by atoms with E-state index in [0.29, 0.717) is 27.0 Å². The molecular formula is C24H24N4O4S3. The van der Waals surface area contributed by atoms with Crippen molar-refractivity contribution in [1.82, 2.24) is 14.8 Å². The lowest BCUT2D eigenvalue weighted by molar-refractivity contribution is -0.113. The van der Waals surface area contributed by atoms with Crippen LogP contribution in [0.2, 0.25) is 0 Å². The predicted molar refractivity (Wildman–Crippen MR) is 141 cm³/mol. The molecule has 0 bridgehead atoms. The van der Waals surface area contributed by atoms with Crippen LogP contribution in [0.15, 0.2) is 40.2 Å². The second kappa shape index (κ2) is 10.6. The maximum Gasteiger partial charge on any atom is 0.341 e. The summed E-state index contributed by atoms with van der Waals surface area (Å²) in [6.07, 6.45) is 0. The van der Waals surface area contributed by atoms with E-state index in [-0.39, 0.29) is 11.7 Å². The monoisotopic (exact) mass is 528 g/mol. The Kier molecular flexibility index (Phi) is 7.58. The Balaban J connectivity index is 1.49. The van der Waals surface area contributed by atoms with Gasteiger partial charge in [0.05, 0.1) is 20.0 Å². The quantitative estimate of drug-likeness (QED) is 0.241. The molecule has 0 atom stereocenters. The molecule has 4 rings (SSSR count). The molecule has 1 amide bonds. The standard InChI is InChI=1S/C24H24N4O4S3/c1-13-14(2)33-10-17(13)21-26-27-24(28(21)3)35-12-19(29)25-22-20(23(30)32-5)18(11-34-22)15-6-8-16(31-4)9-7-15/h6-11H,12H2,1-5H3,(H,25,29). The van der Waals surface area contributed by atoms with Crippen LogP contribution < -0.4 is 10.1 Å². The van der Waals surface area contributed by atoms with Crippen LogP contribution >= 0.6 is 34.4 Å². The van der Waals surface area contributed by atoms with Gasteiger partial charge < -0.3 is 19.4 Å². The summed E-state index contributed by atoms with van der Waals surface area (Å²) in [5.41, 5.74) is 4.06. The number of ether oxygens (including phenoxy) is 2. The first-order chi connectivity index (χ1) is 16.8. The van der Waals surface area contributed by atoms with Crippen molar-refractivity contribution in [3.05, 3.63) is 51.0 Å². The highest BCUT2D eigenvalue weighted by Gasteiger charge is 2.23. The lowest BCUT2D eigenvalue weighted by Crippen LogP contribution is -2.16. The summed E-state index contributed by atoms with van der Waals surface area (Å²) in [7, 11) is 4.80. The van der Waals surface area contributed by atoms with Crippen LogP contribution in [-0.2, 0) is 16.6 Å². The molecule has 0 aliphatic rings. The Morgan fingerprint density at radius 1 is 1.06 bits per heavy atom. The first kappa shape index (κ1) is 25.0. The van der Waals surface area contributed by atoms with Crippen molar-refractivity contribution in [2.24, 2.45) is 7.05 Å². The number of hydrogen-bond acceptors (Lipinski definition) is 9. The number of thiophene rings is 2. The maximum atomic E-state index is 12.8. The number of hydrogen-bond donors (Lipinski definition) is 1. The van der Waals surface area contributed by atoms with Gasteiger partial charge in [-0.15, -0.1) is 32.9 Å². The number of thioether (sulfide) groups is 1. The van der Waals surface area contributed by atoms with Crippen LogP contribution in [0.3, 0.4) is 0 Å². The molecule has 4 aromatic rings. The number of benzene rings is 1. The van der Waals surface area contributed by atoms with Gasteiger partial charge in [0.15, 0.2) is 11.0 Å². The van der Waals surface area contributed by atoms with E-state index < -0.39 is 5.97 Å². The number of carbonyl (C=O) groups is 2. The van der Waals surface area contributed by atoms with Crippen LogP contribution in [0.5, 0.6) is 5.75 Å². The van der Waals surface area contributed by atoms with E-state index in [1.807, 2.05) is 41.3 Å². The number of nitrogens with one attached hydrogen (secondary N) is 1. The van der Waals surface area contributed by atoms with Gasteiger partial charge in [0.1, 0.15) is 16.3 Å². The third-order valence-electron chi connectivity index (χ3n) is 5.53. The Labute approximate surface area is 215 Å². The summed E-state index contributed by atoms with van der Waals surface area (Å²) >= 11 is 4.24. The smallest absolute Gasteiger partial charge is 0.341 e. The number of aryl methyl sites for hydroxylation is 1. The molecule has 0 saturated carbocycles. The van der Waals surface area contributed by atoms with E-state index in [2.05, 4.69) is 34.7 Å².